The fraction of sp³-hybridized carbons (Fsp3) is 0.500. The Hall–Kier alpha value is -0.830. The zero-order chi connectivity index (χ0) is 16.8. The number of aryl methyl sites for hydroxylation is 1. The molecule has 0 radical (unpaired) electrons. The second kappa shape index (κ2) is 10.1. The van der Waals surface area contributed by atoms with Crippen molar-refractivity contribution in [1.82, 2.24) is 10.6 Å². The molecule has 1 aromatic carbocycles. The zero-order valence-electron chi connectivity index (χ0n) is 14.3. The summed E-state index contributed by atoms with van der Waals surface area (Å²) in [6.07, 6.45) is 0.372. The third-order valence-corrected chi connectivity index (χ3v) is 3.33. The van der Waals surface area contributed by atoms with Crippen molar-refractivity contribution < 1.29 is 4.79 Å². The lowest BCUT2D eigenvalue weighted by atomic mass is 10.1. The molecule has 0 aliphatic heterocycles. The molecule has 0 saturated carbocycles. The van der Waals surface area contributed by atoms with Gasteiger partial charge < -0.3 is 16.0 Å². The predicted octanol–water partition coefficient (Wildman–Crippen LogP) is 3.67. The van der Waals surface area contributed by atoms with E-state index in [4.69, 9.17) is 0 Å². The minimum atomic E-state index is -0.0719. The summed E-state index contributed by atoms with van der Waals surface area (Å²) < 4.78 is 0.946. The summed E-state index contributed by atoms with van der Waals surface area (Å²) in [5.41, 5.74) is 1.80. The minimum absolute atomic E-state index is 0. The Bertz CT molecular complexity index is 556. The molecule has 130 valence electrons. The summed E-state index contributed by atoms with van der Waals surface area (Å²) in [7, 11) is 1.71. The Morgan fingerprint density at radius 3 is 2.52 bits per heavy atom. The van der Waals surface area contributed by atoms with Crippen molar-refractivity contribution >= 4 is 57.5 Å². The number of rotatable bonds is 4. The number of carbonyl (C=O) groups is 1. The number of benzene rings is 1. The van der Waals surface area contributed by atoms with Gasteiger partial charge in [0.1, 0.15) is 0 Å². The Balaban J connectivity index is 0.00000484. The second-order valence-corrected chi connectivity index (χ2v) is 7.05. The fourth-order valence-corrected chi connectivity index (χ4v) is 2.13. The summed E-state index contributed by atoms with van der Waals surface area (Å²) in [6.45, 7) is 8.66. The smallest absolute Gasteiger partial charge is 0.226 e. The highest BCUT2D eigenvalue weighted by Crippen LogP contribution is 2.20. The minimum Gasteiger partial charge on any atom is -0.356 e. The lowest BCUT2D eigenvalue weighted by Gasteiger charge is -2.23. The largest absolute Gasteiger partial charge is 0.356 e. The molecule has 0 aliphatic carbocycles. The molecule has 0 bridgehead atoms. The molecule has 1 aromatic rings. The average molecular weight is 497 g/mol. The first-order valence-corrected chi connectivity index (χ1v) is 8.05. The first-order valence-electron chi connectivity index (χ1n) is 7.26. The van der Waals surface area contributed by atoms with Crippen molar-refractivity contribution in [3.63, 3.8) is 0 Å². The van der Waals surface area contributed by atoms with Gasteiger partial charge in [-0.25, -0.2) is 0 Å². The maximum atomic E-state index is 12.0. The third-order valence-electron chi connectivity index (χ3n) is 2.84. The summed E-state index contributed by atoms with van der Waals surface area (Å²) in [4.78, 5) is 16.1. The Morgan fingerprint density at radius 2 is 1.96 bits per heavy atom. The molecule has 0 aromatic heterocycles. The van der Waals surface area contributed by atoms with Crippen LogP contribution in [0.1, 0.15) is 32.8 Å². The van der Waals surface area contributed by atoms with E-state index in [0.717, 1.165) is 15.7 Å². The van der Waals surface area contributed by atoms with E-state index in [2.05, 4.69) is 57.6 Å². The number of amides is 1. The highest BCUT2D eigenvalue weighted by Gasteiger charge is 2.12. The van der Waals surface area contributed by atoms with E-state index in [1.807, 2.05) is 25.1 Å². The van der Waals surface area contributed by atoms with Crippen molar-refractivity contribution in [2.75, 3.05) is 18.9 Å². The van der Waals surface area contributed by atoms with Crippen LogP contribution in [0, 0.1) is 6.92 Å². The molecule has 0 unspecified atom stereocenters. The van der Waals surface area contributed by atoms with Gasteiger partial charge in [0, 0.05) is 35.7 Å². The molecule has 1 amide bonds. The number of halogens is 2. The number of guanidine groups is 1. The first-order chi connectivity index (χ1) is 10.2. The van der Waals surface area contributed by atoms with Crippen LogP contribution >= 0.6 is 39.9 Å². The monoisotopic (exact) mass is 496 g/mol. The van der Waals surface area contributed by atoms with Gasteiger partial charge in [-0.3, -0.25) is 9.79 Å². The highest BCUT2D eigenvalue weighted by molar-refractivity contribution is 14.0. The molecule has 0 fully saturated rings. The Labute approximate surface area is 164 Å². The summed E-state index contributed by atoms with van der Waals surface area (Å²) in [5.74, 6) is 0.666. The molecule has 0 spiro atoms. The second-order valence-electron chi connectivity index (χ2n) is 6.13. The van der Waals surface area contributed by atoms with E-state index in [1.54, 1.807) is 7.05 Å². The van der Waals surface area contributed by atoms with Crippen LogP contribution in [0.3, 0.4) is 0 Å². The highest BCUT2D eigenvalue weighted by atomic mass is 127. The van der Waals surface area contributed by atoms with E-state index in [0.29, 0.717) is 18.9 Å². The van der Waals surface area contributed by atoms with Gasteiger partial charge in [0.2, 0.25) is 5.91 Å². The molecule has 1 rings (SSSR count). The van der Waals surface area contributed by atoms with Crippen molar-refractivity contribution in [3.8, 4) is 0 Å². The number of hydrogen-bond donors (Lipinski definition) is 3. The maximum Gasteiger partial charge on any atom is 0.226 e. The molecular formula is C16H26BrIN4O. The van der Waals surface area contributed by atoms with Gasteiger partial charge >= 0.3 is 0 Å². The number of nitrogens with one attached hydrogen (secondary N) is 3. The van der Waals surface area contributed by atoms with Crippen LogP contribution in [0.15, 0.2) is 27.7 Å². The lowest BCUT2D eigenvalue weighted by Crippen LogP contribution is -2.48. The van der Waals surface area contributed by atoms with Crippen LogP contribution in [0.2, 0.25) is 0 Å². The Morgan fingerprint density at radius 1 is 1.30 bits per heavy atom. The van der Waals surface area contributed by atoms with Gasteiger partial charge in [0.25, 0.3) is 0 Å². The molecule has 5 nitrogen and oxygen atoms in total. The van der Waals surface area contributed by atoms with Crippen molar-refractivity contribution in [3.05, 3.63) is 28.2 Å². The fourth-order valence-electron chi connectivity index (χ4n) is 1.77. The molecule has 0 aliphatic rings. The topological polar surface area (TPSA) is 65.5 Å². The van der Waals surface area contributed by atoms with Crippen LogP contribution in [0.4, 0.5) is 5.69 Å². The van der Waals surface area contributed by atoms with Crippen LogP contribution in [-0.2, 0) is 4.79 Å². The number of aliphatic imine (C=N–C) groups is 1. The number of hydrogen-bond acceptors (Lipinski definition) is 2. The van der Waals surface area contributed by atoms with Crippen molar-refractivity contribution in [2.24, 2.45) is 4.99 Å². The summed E-state index contributed by atoms with van der Waals surface area (Å²) in [5, 5.41) is 9.31. The normalized spacial score (nSPS) is 11.5. The Kier molecular flexibility index (Phi) is 9.76. The molecule has 7 heteroatoms. The van der Waals surface area contributed by atoms with Crippen molar-refractivity contribution in [1.29, 1.82) is 0 Å². The molecule has 0 heterocycles. The molecule has 23 heavy (non-hydrogen) atoms. The van der Waals surface area contributed by atoms with Crippen LogP contribution < -0.4 is 16.0 Å². The van der Waals surface area contributed by atoms with E-state index >= 15 is 0 Å². The van der Waals surface area contributed by atoms with Gasteiger partial charge in [-0.05, 0) is 45.4 Å². The van der Waals surface area contributed by atoms with E-state index in [1.165, 1.54) is 0 Å². The van der Waals surface area contributed by atoms with Crippen LogP contribution in [0.25, 0.3) is 0 Å². The number of anilines is 1. The third kappa shape index (κ3) is 9.14. The number of nitrogens with zero attached hydrogens (tertiary/aromatic N) is 1. The lowest BCUT2D eigenvalue weighted by molar-refractivity contribution is -0.116. The standard InChI is InChI=1S/C16H25BrN4O.HI/c1-11-6-7-12(17)10-13(11)20-14(22)8-9-19-15(18-5)21-16(2,3)4;/h6-7,10H,8-9H2,1-5H3,(H,20,22)(H2,18,19,21);1H. The zero-order valence-corrected chi connectivity index (χ0v) is 18.2. The van der Waals surface area contributed by atoms with Gasteiger partial charge in [0.05, 0.1) is 0 Å². The summed E-state index contributed by atoms with van der Waals surface area (Å²) in [6, 6.07) is 5.82. The molecule has 3 N–H and O–H groups in total. The average Bonchev–Trinajstić information content (AvgIpc) is 2.40. The van der Waals surface area contributed by atoms with Crippen LogP contribution in [-0.4, -0.2) is 31.0 Å². The van der Waals surface area contributed by atoms with Crippen molar-refractivity contribution in [2.45, 2.75) is 39.7 Å². The summed E-state index contributed by atoms with van der Waals surface area (Å²) >= 11 is 3.41. The quantitative estimate of drug-likeness (QED) is 0.338. The first kappa shape index (κ1) is 22.2. The van der Waals surface area contributed by atoms with E-state index < -0.39 is 0 Å². The predicted molar refractivity (Wildman–Crippen MR) is 112 cm³/mol. The maximum absolute atomic E-state index is 12.0. The molecular weight excluding hydrogens is 471 g/mol. The van der Waals surface area contributed by atoms with E-state index in [-0.39, 0.29) is 35.4 Å². The van der Waals surface area contributed by atoms with Crippen LogP contribution in [0.5, 0.6) is 0 Å². The SMILES string of the molecule is CN=C(NCCC(=O)Nc1cc(Br)ccc1C)NC(C)(C)C.I. The van der Waals surface area contributed by atoms with Gasteiger partial charge in [-0.1, -0.05) is 22.0 Å². The molecule has 0 atom stereocenters. The molecule has 0 saturated heterocycles. The van der Waals surface area contributed by atoms with Gasteiger partial charge in [-0.15, -0.1) is 24.0 Å². The van der Waals surface area contributed by atoms with E-state index in [9.17, 15) is 4.79 Å². The van der Waals surface area contributed by atoms with Gasteiger partial charge in [0.15, 0.2) is 5.96 Å². The number of carbonyl (C=O) groups excluding carboxylic acids is 1. The van der Waals surface area contributed by atoms with Gasteiger partial charge in [-0.2, -0.15) is 0 Å².